The Morgan fingerprint density at radius 1 is 1.32 bits per heavy atom. The van der Waals surface area contributed by atoms with E-state index in [2.05, 4.69) is 41.7 Å². The van der Waals surface area contributed by atoms with Crippen LogP contribution in [0.4, 0.5) is 10.1 Å². The maximum Gasteiger partial charge on any atom is 0.252 e. The standard InChI is InChI=1S/C25H31FN6O2/c1-6-19-14-31(21-12-24(33)29(4)22-15-30(10-9-27)28-25(21)22)16(2)13-32(19)17(3)20-8-7-18(26)11-23(20)34-5/h7-8,11-12,15-17,19H,6,10,13-14H2,1-5H3/t16-,17?,19+/m0/s1. The molecule has 2 aromatic heterocycles. The zero-order valence-electron chi connectivity index (χ0n) is 20.3. The van der Waals surface area contributed by atoms with E-state index in [9.17, 15) is 9.18 Å². The van der Waals surface area contributed by atoms with Crippen molar-refractivity contribution in [3.05, 3.63) is 52.2 Å². The number of piperazine rings is 1. The lowest BCUT2D eigenvalue weighted by atomic mass is 9.97. The Kier molecular flexibility index (Phi) is 6.62. The van der Waals surface area contributed by atoms with Crippen LogP contribution in [0.1, 0.15) is 38.8 Å². The second kappa shape index (κ2) is 9.47. The SMILES string of the molecule is CC[C@@H]1CN(c2cc(=O)n(C)c3cn(CC#N)nc23)[C@@H](C)CN1C(C)c1ccc(F)cc1OC. The van der Waals surface area contributed by atoms with Gasteiger partial charge in [-0.25, -0.2) is 4.39 Å². The highest BCUT2D eigenvalue weighted by atomic mass is 19.1. The summed E-state index contributed by atoms with van der Waals surface area (Å²) in [5.41, 5.74) is 3.08. The number of aryl methyl sites for hydroxylation is 1. The topological polar surface area (TPSA) is 79.3 Å². The van der Waals surface area contributed by atoms with Gasteiger partial charge in [0.2, 0.25) is 0 Å². The van der Waals surface area contributed by atoms with Crippen molar-refractivity contribution in [2.75, 3.05) is 25.1 Å². The van der Waals surface area contributed by atoms with Crippen LogP contribution in [-0.2, 0) is 13.6 Å². The fourth-order valence-corrected chi connectivity index (χ4v) is 5.06. The molecule has 1 saturated heterocycles. The van der Waals surface area contributed by atoms with Crippen LogP contribution < -0.4 is 15.2 Å². The average Bonchev–Trinajstić information content (AvgIpc) is 3.25. The van der Waals surface area contributed by atoms with Crippen LogP contribution in [0.15, 0.2) is 35.3 Å². The molecular formula is C25H31FN6O2. The molecule has 3 heterocycles. The quantitative estimate of drug-likeness (QED) is 0.554. The number of aromatic nitrogens is 3. The van der Waals surface area contributed by atoms with E-state index >= 15 is 0 Å². The summed E-state index contributed by atoms with van der Waals surface area (Å²) in [6, 6.07) is 8.81. The largest absolute Gasteiger partial charge is 0.496 e. The number of rotatable bonds is 6. The summed E-state index contributed by atoms with van der Waals surface area (Å²) in [6.45, 7) is 8.03. The van der Waals surface area contributed by atoms with Crippen LogP contribution in [0.25, 0.3) is 11.0 Å². The van der Waals surface area contributed by atoms with Gasteiger partial charge in [-0.15, -0.1) is 0 Å². The van der Waals surface area contributed by atoms with E-state index < -0.39 is 0 Å². The highest BCUT2D eigenvalue weighted by molar-refractivity contribution is 5.88. The number of fused-ring (bicyclic) bond motifs is 1. The molecule has 1 aliphatic rings. The molecule has 3 atom stereocenters. The number of nitrogens with zero attached hydrogens (tertiary/aromatic N) is 6. The predicted molar refractivity (Wildman–Crippen MR) is 130 cm³/mol. The molecule has 0 saturated carbocycles. The third-order valence-electron chi connectivity index (χ3n) is 6.98. The molecule has 0 spiro atoms. The van der Waals surface area contributed by atoms with Crippen molar-refractivity contribution in [2.45, 2.75) is 51.9 Å². The number of anilines is 1. The lowest BCUT2D eigenvalue weighted by Crippen LogP contribution is -2.58. The molecule has 1 fully saturated rings. The van der Waals surface area contributed by atoms with Gasteiger partial charge in [0.25, 0.3) is 5.56 Å². The Hall–Kier alpha value is -3.38. The van der Waals surface area contributed by atoms with E-state index in [1.54, 1.807) is 41.7 Å². The summed E-state index contributed by atoms with van der Waals surface area (Å²) in [7, 11) is 3.29. The molecule has 1 aliphatic heterocycles. The first-order valence-corrected chi connectivity index (χ1v) is 11.6. The van der Waals surface area contributed by atoms with Gasteiger partial charge in [0, 0.05) is 56.0 Å². The molecule has 1 unspecified atom stereocenters. The number of benzene rings is 1. The van der Waals surface area contributed by atoms with Crippen LogP contribution in [0.2, 0.25) is 0 Å². The third kappa shape index (κ3) is 4.14. The Morgan fingerprint density at radius 2 is 2.09 bits per heavy atom. The van der Waals surface area contributed by atoms with Crippen LogP contribution >= 0.6 is 0 Å². The highest BCUT2D eigenvalue weighted by Crippen LogP contribution is 2.36. The van der Waals surface area contributed by atoms with Crippen molar-refractivity contribution >= 4 is 16.7 Å². The monoisotopic (exact) mass is 466 g/mol. The second-order valence-electron chi connectivity index (χ2n) is 8.97. The first-order chi connectivity index (χ1) is 16.3. The minimum atomic E-state index is -0.316. The average molecular weight is 467 g/mol. The first-order valence-electron chi connectivity index (χ1n) is 11.6. The predicted octanol–water partition coefficient (Wildman–Crippen LogP) is 3.46. The van der Waals surface area contributed by atoms with Crippen molar-refractivity contribution in [1.82, 2.24) is 19.2 Å². The molecule has 8 nitrogen and oxygen atoms in total. The fourth-order valence-electron chi connectivity index (χ4n) is 5.06. The zero-order chi connectivity index (χ0) is 24.6. The van der Waals surface area contributed by atoms with Crippen molar-refractivity contribution in [3.63, 3.8) is 0 Å². The maximum atomic E-state index is 13.8. The Bertz CT molecular complexity index is 1290. The van der Waals surface area contributed by atoms with Gasteiger partial charge in [-0.2, -0.15) is 10.4 Å². The Balaban J connectivity index is 1.70. The van der Waals surface area contributed by atoms with E-state index in [1.807, 2.05) is 0 Å². The summed E-state index contributed by atoms with van der Waals surface area (Å²) in [5.74, 6) is 0.234. The van der Waals surface area contributed by atoms with Crippen molar-refractivity contribution < 1.29 is 9.13 Å². The van der Waals surface area contributed by atoms with Gasteiger partial charge in [0.15, 0.2) is 0 Å². The van der Waals surface area contributed by atoms with Crippen LogP contribution in [-0.4, -0.2) is 51.5 Å². The summed E-state index contributed by atoms with van der Waals surface area (Å²) in [6.07, 6.45) is 2.67. The maximum absolute atomic E-state index is 13.8. The van der Waals surface area contributed by atoms with Crippen LogP contribution in [0.3, 0.4) is 0 Å². The summed E-state index contributed by atoms with van der Waals surface area (Å²) in [4.78, 5) is 17.4. The fraction of sp³-hybridized carbons (Fsp3) is 0.480. The lowest BCUT2D eigenvalue weighted by molar-refractivity contribution is 0.104. The van der Waals surface area contributed by atoms with E-state index in [1.165, 1.54) is 12.1 Å². The molecule has 9 heteroatoms. The highest BCUT2D eigenvalue weighted by Gasteiger charge is 2.36. The molecule has 1 aromatic carbocycles. The van der Waals surface area contributed by atoms with Crippen molar-refractivity contribution in [3.8, 4) is 11.8 Å². The number of halogens is 1. The van der Waals surface area contributed by atoms with Crippen LogP contribution in [0.5, 0.6) is 5.75 Å². The minimum absolute atomic E-state index is 0.0311. The van der Waals surface area contributed by atoms with Gasteiger partial charge >= 0.3 is 0 Å². The number of pyridine rings is 1. The summed E-state index contributed by atoms with van der Waals surface area (Å²) in [5, 5.41) is 13.7. The molecule has 180 valence electrons. The zero-order valence-corrected chi connectivity index (χ0v) is 20.3. The first kappa shape index (κ1) is 23.8. The number of hydrogen-bond acceptors (Lipinski definition) is 6. The van der Waals surface area contributed by atoms with Crippen LogP contribution in [0, 0.1) is 17.1 Å². The number of nitriles is 1. The molecule has 0 amide bonds. The number of hydrogen-bond donors (Lipinski definition) is 0. The van der Waals surface area contributed by atoms with E-state index in [-0.39, 0.29) is 36.0 Å². The minimum Gasteiger partial charge on any atom is -0.496 e. The summed E-state index contributed by atoms with van der Waals surface area (Å²) < 4.78 is 22.4. The van der Waals surface area contributed by atoms with E-state index in [0.717, 1.165) is 36.3 Å². The number of methoxy groups -OCH3 is 1. The van der Waals surface area contributed by atoms with Gasteiger partial charge < -0.3 is 14.2 Å². The van der Waals surface area contributed by atoms with Gasteiger partial charge in [-0.1, -0.05) is 13.0 Å². The molecule has 0 bridgehead atoms. The van der Waals surface area contributed by atoms with Gasteiger partial charge in [-0.05, 0) is 26.3 Å². The Morgan fingerprint density at radius 3 is 2.76 bits per heavy atom. The van der Waals surface area contributed by atoms with Crippen molar-refractivity contribution in [2.24, 2.45) is 7.05 Å². The van der Waals surface area contributed by atoms with Crippen molar-refractivity contribution in [1.29, 1.82) is 5.26 Å². The Labute approximate surface area is 198 Å². The molecule has 3 aromatic rings. The molecule has 0 N–H and O–H groups in total. The smallest absolute Gasteiger partial charge is 0.252 e. The number of ether oxygens (including phenoxy) is 1. The normalized spacial score (nSPS) is 19.9. The molecule has 34 heavy (non-hydrogen) atoms. The van der Waals surface area contributed by atoms with E-state index in [4.69, 9.17) is 10.00 Å². The summed E-state index contributed by atoms with van der Waals surface area (Å²) >= 11 is 0. The van der Waals surface area contributed by atoms with E-state index in [0.29, 0.717) is 11.3 Å². The van der Waals surface area contributed by atoms with Gasteiger partial charge in [0.05, 0.1) is 30.6 Å². The molecule has 0 radical (unpaired) electrons. The third-order valence-corrected chi connectivity index (χ3v) is 6.98. The second-order valence-corrected chi connectivity index (χ2v) is 8.97. The van der Waals surface area contributed by atoms with Gasteiger partial charge in [-0.3, -0.25) is 14.4 Å². The molecular weight excluding hydrogens is 435 g/mol. The lowest BCUT2D eigenvalue weighted by Gasteiger charge is -2.48. The molecule has 0 aliphatic carbocycles. The molecule has 4 rings (SSSR count). The van der Waals surface area contributed by atoms with Gasteiger partial charge in [0.1, 0.15) is 23.6 Å².